The number of benzene rings is 1. The molecule has 10 nitrogen and oxygen atoms in total. The predicted octanol–water partition coefficient (Wildman–Crippen LogP) is -1.21. The van der Waals surface area contributed by atoms with Crippen LogP contribution in [0, 0.1) is 0 Å². The first-order chi connectivity index (χ1) is 14.3. The third kappa shape index (κ3) is 7.23. The first-order valence-corrected chi connectivity index (χ1v) is 10.2. The van der Waals surface area contributed by atoms with Crippen molar-refractivity contribution in [3.8, 4) is 5.75 Å². The number of phenolic OH excluding ortho intramolecular Hbond substituents is 1. The van der Waals surface area contributed by atoms with Crippen LogP contribution in [-0.2, 0) is 25.6 Å². The van der Waals surface area contributed by atoms with Crippen LogP contribution in [0.4, 0.5) is 0 Å². The van der Waals surface area contributed by atoms with E-state index < -0.39 is 36.4 Å². The van der Waals surface area contributed by atoms with Crippen LogP contribution in [-0.4, -0.2) is 70.9 Å². The Labute approximate surface area is 179 Å². The molecule has 0 aromatic heterocycles. The van der Waals surface area contributed by atoms with Crippen molar-refractivity contribution >= 4 is 36.3 Å². The molecule has 1 fully saturated rings. The fourth-order valence-electron chi connectivity index (χ4n) is 3.01. The van der Waals surface area contributed by atoms with Crippen molar-refractivity contribution in [2.75, 3.05) is 18.8 Å². The number of aliphatic carboxylic acids is 1. The monoisotopic (exact) mass is 438 g/mol. The highest BCUT2D eigenvalue weighted by atomic mass is 32.1. The van der Waals surface area contributed by atoms with Gasteiger partial charge < -0.3 is 31.5 Å². The van der Waals surface area contributed by atoms with E-state index in [1.165, 1.54) is 12.1 Å². The number of carbonyl (C=O) groups excluding carboxylic acids is 3. The zero-order chi connectivity index (χ0) is 22.1. The first-order valence-electron chi connectivity index (χ1n) is 9.52. The fraction of sp³-hybridized carbons (Fsp3) is 0.474. The molecular formula is C19H26N4O6S. The normalized spacial score (nSPS) is 17.6. The number of carboxylic acid groups (broad SMARTS) is 1. The van der Waals surface area contributed by atoms with Gasteiger partial charge in [0, 0.05) is 12.2 Å². The zero-order valence-corrected chi connectivity index (χ0v) is 17.2. The van der Waals surface area contributed by atoms with E-state index in [2.05, 4.69) is 33.9 Å². The maximum Gasteiger partial charge on any atom is 0.322 e. The number of carbonyl (C=O) groups is 4. The smallest absolute Gasteiger partial charge is 0.322 e. The van der Waals surface area contributed by atoms with Crippen molar-refractivity contribution in [3.63, 3.8) is 0 Å². The number of aromatic hydroxyl groups is 1. The highest BCUT2D eigenvalue weighted by Crippen LogP contribution is 2.12. The standard InChI is InChI=1S/C19H26N4O6S/c24-12-5-3-11(4-6-12)8-14(17(27)21-9-16(25)26)22-19(29)15(10-30)23-18(28)13-2-1-7-20-13/h3-6,13-15,20,24,30H,1-2,7-10H2,(H,21,27)(H,22,29)(H,23,28)(H,25,26). The lowest BCUT2D eigenvalue weighted by Gasteiger charge is -2.23. The molecule has 1 aliphatic rings. The van der Waals surface area contributed by atoms with E-state index in [0.717, 1.165) is 13.0 Å². The lowest BCUT2D eigenvalue weighted by atomic mass is 10.0. The molecule has 6 N–H and O–H groups in total. The molecule has 3 unspecified atom stereocenters. The van der Waals surface area contributed by atoms with Crippen LogP contribution in [0.25, 0.3) is 0 Å². The second-order valence-corrected chi connectivity index (χ2v) is 7.30. The molecule has 11 heteroatoms. The predicted molar refractivity (Wildman–Crippen MR) is 111 cm³/mol. The van der Waals surface area contributed by atoms with Gasteiger partial charge in [0.1, 0.15) is 24.4 Å². The summed E-state index contributed by atoms with van der Waals surface area (Å²) in [7, 11) is 0. The fourth-order valence-corrected chi connectivity index (χ4v) is 3.27. The molecule has 1 aliphatic heterocycles. The molecule has 0 bridgehead atoms. The Morgan fingerprint density at radius 3 is 2.37 bits per heavy atom. The van der Waals surface area contributed by atoms with Crippen LogP contribution in [0.15, 0.2) is 24.3 Å². The van der Waals surface area contributed by atoms with Crippen LogP contribution >= 0.6 is 12.6 Å². The van der Waals surface area contributed by atoms with Crippen molar-refractivity contribution < 1.29 is 29.4 Å². The van der Waals surface area contributed by atoms with E-state index in [4.69, 9.17) is 5.11 Å². The lowest BCUT2D eigenvalue weighted by molar-refractivity contribution is -0.138. The maximum absolute atomic E-state index is 12.7. The zero-order valence-electron chi connectivity index (χ0n) is 16.3. The second-order valence-electron chi connectivity index (χ2n) is 6.94. The third-order valence-corrected chi connectivity index (χ3v) is 4.98. The minimum absolute atomic E-state index is 0.0208. The summed E-state index contributed by atoms with van der Waals surface area (Å²) >= 11 is 4.12. The second kappa shape index (κ2) is 11.4. The molecule has 1 aromatic rings. The summed E-state index contributed by atoms with van der Waals surface area (Å²) < 4.78 is 0. The average molecular weight is 439 g/mol. The van der Waals surface area contributed by atoms with E-state index in [1.807, 2.05) is 0 Å². The van der Waals surface area contributed by atoms with Crippen LogP contribution in [0.5, 0.6) is 5.75 Å². The summed E-state index contributed by atoms with van der Waals surface area (Å²) in [5, 5.41) is 28.7. The van der Waals surface area contributed by atoms with Gasteiger partial charge in [-0.15, -0.1) is 0 Å². The van der Waals surface area contributed by atoms with Crippen molar-refractivity contribution in [2.45, 2.75) is 37.4 Å². The molecule has 1 heterocycles. The Morgan fingerprint density at radius 1 is 1.10 bits per heavy atom. The van der Waals surface area contributed by atoms with Gasteiger partial charge in [0.2, 0.25) is 17.7 Å². The molecule has 30 heavy (non-hydrogen) atoms. The Morgan fingerprint density at radius 2 is 1.80 bits per heavy atom. The number of phenols is 1. The summed E-state index contributed by atoms with van der Waals surface area (Å²) in [6.07, 6.45) is 1.61. The summed E-state index contributed by atoms with van der Waals surface area (Å²) in [6.45, 7) is 0.134. The maximum atomic E-state index is 12.7. The highest BCUT2D eigenvalue weighted by molar-refractivity contribution is 7.80. The van der Waals surface area contributed by atoms with Crippen molar-refractivity contribution in [3.05, 3.63) is 29.8 Å². The van der Waals surface area contributed by atoms with Crippen molar-refractivity contribution in [2.24, 2.45) is 0 Å². The number of nitrogens with one attached hydrogen (secondary N) is 4. The average Bonchev–Trinajstić information content (AvgIpc) is 3.26. The van der Waals surface area contributed by atoms with E-state index in [1.54, 1.807) is 12.1 Å². The van der Waals surface area contributed by atoms with Gasteiger partial charge in [-0.05, 0) is 37.1 Å². The molecule has 0 saturated carbocycles. The summed E-state index contributed by atoms with van der Waals surface area (Å²) in [4.78, 5) is 48.2. The molecular weight excluding hydrogens is 412 g/mol. The SMILES string of the molecule is O=C(O)CNC(=O)C(Cc1ccc(O)cc1)NC(=O)C(CS)NC(=O)C1CCCN1. The lowest BCUT2D eigenvalue weighted by Crippen LogP contribution is -2.57. The molecule has 3 atom stereocenters. The first kappa shape index (κ1) is 23.5. The molecule has 3 amide bonds. The third-order valence-electron chi connectivity index (χ3n) is 4.62. The topological polar surface area (TPSA) is 157 Å². The Hall–Kier alpha value is -2.79. The van der Waals surface area contributed by atoms with Crippen LogP contribution in [0.3, 0.4) is 0 Å². The van der Waals surface area contributed by atoms with Crippen LogP contribution < -0.4 is 21.3 Å². The van der Waals surface area contributed by atoms with E-state index in [0.29, 0.717) is 12.0 Å². The van der Waals surface area contributed by atoms with Gasteiger partial charge in [0.15, 0.2) is 0 Å². The van der Waals surface area contributed by atoms with E-state index in [9.17, 15) is 24.3 Å². The summed E-state index contributed by atoms with van der Waals surface area (Å²) in [5.41, 5.74) is 0.644. The Balaban J connectivity index is 2.06. The highest BCUT2D eigenvalue weighted by Gasteiger charge is 2.29. The Kier molecular flexibility index (Phi) is 8.93. The molecule has 2 rings (SSSR count). The summed E-state index contributed by atoms with van der Waals surface area (Å²) in [6, 6.07) is 3.64. The minimum atomic E-state index is -1.22. The largest absolute Gasteiger partial charge is 0.508 e. The quantitative estimate of drug-likeness (QED) is 0.226. The molecule has 0 spiro atoms. The molecule has 1 aromatic carbocycles. The number of thiol groups is 1. The van der Waals surface area contributed by atoms with Gasteiger partial charge in [-0.2, -0.15) is 12.6 Å². The van der Waals surface area contributed by atoms with E-state index >= 15 is 0 Å². The van der Waals surface area contributed by atoms with Gasteiger partial charge in [0.05, 0.1) is 6.04 Å². The number of amides is 3. The van der Waals surface area contributed by atoms with Crippen molar-refractivity contribution in [1.29, 1.82) is 0 Å². The molecule has 164 valence electrons. The van der Waals surface area contributed by atoms with Gasteiger partial charge >= 0.3 is 5.97 Å². The van der Waals surface area contributed by atoms with Gasteiger partial charge in [0.25, 0.3) is 0 Å². The van der Waals surface area contributed by atoms with E-state index in [-0.39, 0.29) is 29.9 Å². The van der Waals surface area contributed by atoms with Gasteiger partial charge in [-0.25, -0.2) is 0 Å². The molecule has 0 radical (unpaired) electrons. The summed E-state index contributed by atoms with van der Waals surface area (Å²) in [5.74, 6) is -2.75. The van der Waals surface area contributed by atoms with Gasteiger partial charge in [-0.1, -0.05) is 12.1 Å². The van der Waals surface area contributed by atoms with Crippen LogP contribution in [0.1, 0.15) is 18.4 Å². The van der Waals surface area contributed by atoms with Gasteiger partial charge in [-0.3, -0.25) is 19.2 Å². The number of rotatable bonds is 10. The molecule has 0 aliphatic carbocycles. The van der Waals surface area contributed by atoms with Crippen molar-refractivity contribution in [1.82, 2.24) is 21.3 Å². The minimum Gasteiger partial charge on any atom is -0.508 e. The number of hydrogen-bond acceptors (Lipinski definition) is 7. The number of carboxylic acids is 1. The van der Waals surface area contributed by atoms with Crippen LogP contribution in [0.2, 0.25) is 0 Å². The number of hydrogen-bond donors (Lipinski definition) is 7. The molecule has 1 saturated heterocycles. The Bertz CT molecular complexity index is 767.